The van der Waals surface area contributed by atoms with Crippen LogP contribution in [0.2, 0.25) is 0 Å². The molecule has 0 amide bonds. The van der Waals surface area contributed by atoms with Crippen LogP contribution in [0.5, 0.6) is 0 Å². The number of nitrogens with one attached hydrogen (secondary N) is 1. The molecule has 0 bridgehead atoms. The average molecular weight is 499 g/mol. The first-order valence-corrected chi connectivity index (χ1v) is 13.1. The van der Waals surface area contributed by atoms with Gasteiger partial charge in [0.05, 0.1) is 17.0 Å². The number of ether oxygens (including phenoxy) is 1. The molecule has 3 aromatic carbocycles. The zero-order chi connectivity index (χ0) is 25.6. The second-order valence-electron chi connectivity index (χ2n) is 9.77. The lowest BCUT2D eigenvalue weighted by Gasteiger charge is -2.34. The van der Waals surface area contributed by atoms with Gasteiger partial charge in [-0.2, -0.15) is 0 Å². The fraction of sp³-hybridized carbons (Fsp3) is 0.333. The largest absolute Gasteiger partial charge is 0.399 e. The first-order valence-electron chi connectivity index (χ1n) is 13.1. The van der Waals surface area contributed by atoms with Crippen LogP contribution in [0, 0.1) is 0 Å². The molecule has 2 heterocycles. The summed E-state index contributed by atoms with van der Waals surface area (Å²) in [4.78, 5) is 29.5. The van der Waals surface area contributed by atoms with Crippen LogP contribution >= 0.6 is 0 Å². The average Bonchev–Trinajstić information content (AvgIpc) is 2.92. The second kappa shape index (κ2) is 11.6. The Labute approximate surface area is 216 Å². The van der Waals surface area contributed by atoms with Gasteiger partial charge in [-0.3, -0.25) is 14.3 Å². The maximum Gasteiger partial charge on any atom is 0.328 e. The van der Waals surface area contributed by atoms with Crippen LogP contribution in [-0.2, 0) is 11.3 Å². The summed E-state index contributed by atoms with van der Waals surface area (Å²) in [6.07, 6.45) is 3.98. The van der Waals surface area contributed by atoms with Crippen LogP contribution in [-0.4, -0.2) is 40.2 Å². The van der Waals surface area contributed by atoms with Crippen molar-refractivity contribution in [3.05, 3.63) is 111 Å². The van der Waals surface area contributed by atoms with Crippen LogP contribution in [0.1, 0.15) is 42.9 Å². The highest BCUT2D eigenvalue weighted by atomic mass is 16.5. The number of aromatic amines is 1. The van der Waals surface area contributed by atoms with Crippen LogP contribution < -0.4 is 17.0 Å². The van der Waals surface area contributed by atoms with Gasteiger partial charge >= 0.3 is 5.69 Å². The molecule has 1 aliphatic rings. The lowest BCUT2D eigenvalue weighted by Crippen LogP contribution is -2.38. The number of unbranched alkanes of at least 4 members (excludes halogenated alkanes) is 1. The van der Waals surface area contributed by atoms with Gasteiger partial charge < -0.3 is 15.4 Å². The summed E-state index contributed by atoms with van der Waals surface area (Å²) in [5, 5.41) is 0.486. The zero-order valence-corrected chi connectivity index (χ0v) is 21.0. The first kappa shape index (κ1) is 25.0. The summed E-state index contributed by atoms with van der Waals surface area (Å²) in [7, 11) is 0. The van der Waals surface area contributed by atoms with E-state index in [1.807, 2.05) is 12.1 Å². The predicted octanol–water partition coefficient (Wildman–Crippen LogP) is 4.32. The third-order valence-electron chi connectivity index (χ3n) is 7.20. The van der Waals surface area contributed by atoms with Crippen molar-refractivity contribution in [1.29, 1.82) is 0 Å². The van der Waals surface area contributed by atoms with E-state index in [2.05, 4.69) is 58.4 Å². The van der Waals surface area contributed by atoms with Gasteiger partial charge in [0.1, 0.15) is 6.10 Å². The van der Waals surface area contributed by atoms with Crippen LogP contribution in [0.15, 0.2) is 88.5 Å². The Kier molecular flexibility index (Phi) is 7.82. The summed E-state index contributed by atoms with van der Waals surface area (Å²) in [5.41, 5.74) is 8.66. The van der Waals surface area contributed by atoms with Crippen molar-refractivity contribution in [2.45, 2.75) is 44.4 Å². The van der Waals surface area contributed by atoms with Crippen LogP contribution in [0.3, 0.4) is 0 Å². The van der Waals surface area contributed by atoms with E-state index >= 15 is 0 Å². The number of nitrogens with zero attached hydrogens (tertiary/aromatic N) is 2. The molecular weight excluding hydrogens is 464 g/mol. The smallest absolute Gasteiger partial charge is 0.328 e. The minimum atomic E-state index is -0.382. The Balaban J connectivity index is 1.13. The molecular formula is C30H34N4O3. The molecule has 1 saturated heterocycles. The summed E-state index contributed by atoms with van der Waals surface area (Å²) in [6.45, 7) is 3.52. The minimum absolute atomic E-state index is 0.0570. The molecule has 0 saturated carbocycles. The highest BCUT2D eigenvalue weighted by Crippen LogP contribution is 2.30. The van der Waals surface area contributed by atoms with E-state index in [1.165, 1.54) is 11.1 Å². The number of likely N-dealkylation sites (tertiary alicyclic amines) is 1. The monoisotopic (exact) mass is 498 g/mol. The lowest BCUT2D eigenvalue weighted by molar-refractivity contribution is -0.0271. The van der Waals surface area contributed by atoms with Crippen LogP contribution in [0.25, 0.3) is 10.9 Å². The van der Waals surface area contributed by atoms with Crippen molar-refractivity contribution >= 4 is 16.6 Å². The van der Waals surface area contributed by atoms with Gasteiger partial charge in [-0.25, -0.2) is 4.79 Å². The van der Waals surface area contributed by atoms with E-state index in [4.69, 9.17) is 10.5 Å². The van der Waals surface area contributed by atoms with E-state index in [1.54, 1.807) is 22.8 Å². The fourth-order valence-electron chi connectivity index (χ4n) is 5.20. The summed E-state index contributed by atoms with van der Waals surface area (Å²) in [5.74, 6) is 0. The normalized spacial score (nSPS) is 14.9. The number of nitrogens with two attached hydrogens (primary N) is 1. The Hall–Kier alpha value is -3.68. The SMILES string of the molecule is Nc1ccc2c(=O)[nH]c(=O)n(CCCCN3CCC(OC(c4ccccc4)c4ccccc4)CC3)c2c1. The number of piperidine rings is 1. The number of aryl methyl sites for hydroxylation is 1. The maximum atomic E-state index is 12.4. The number of hydrogen-bond donors (Lipinski definition) is 2. The number of rotatable bonds is 9. The van der Waals surface area contributed by atoms with Crippen molar-refractivity contribution in [3.8, 4) is 0 Å². The van der Waals surface area contributed by atoms with Crippen molar-refractivity contribution in [2.75, 3.05) is 25.4 Å². The number of aromatic nitrogens is 2. The van der Waals surface area contributed by atoms with Crippen LogP contribution in [0.4, 0.5) is 5.69 Å². The van der Waals surface area contributed by atoms with Gasteiger partial charge in [0.15, 0.2) is 0 Å². The van der Waals surface area contributed by atoms with Gasteiger partial charge in [0, 0.05) is 25.3 Å². The number of anilines is 1. The molecule has 5 rings (SSSR count). The number of nitrogen functional groups attached to an aromatic ring is 1. The van der Waals surface area contributed by atoms with Gasteiger partial charge in [-0.1, -0.05) is 60.7 Å². The number of benzene rings is 3. The molecule has 0 spiro atoms. The minimum Gasteiger partial charge on any atom is -0.399 e. The number of H-pyrrole nitrogens is 1. The fourth-order valence-corrected chi connectivity index (χ4v) is 5.20. The Bertz CT molecular complexity index is 1380. The summed E-state index contributed by atoms with van der Waals surface area (Å²) in [6, 6.07) is 25.9. The molecule has 192 valence electrons. The third kappa shape index (κ3) is 6.01. The van der Waals surface area contributed by atoms with Crippen molar-refractivity contribution in [3.63, 3.8) is 0 Å². The topological polar surface area (TPSA) is 93.3 Å². The molecule has 37 heavy (non-hydrogen) atoms. The van der Waals surface area contributed by atoms with Gasteiger partial charge in [-0.15, -0.1) is 0 Å². The summed E-state index contributed by atoms with van der Waals surface area (Å²) >= 11 is 0. The van der Waals surface area contributed by atoms with Gasteiger partial charge in [0.25, 0.3) is 5.56 Å². The van der Waals surface area contributed by atoms with Crippen molar-refractivity contribution < 1.29 is 4.74 Å². The number of fused-ring (bicyclic) bond motifs is 1. The highest BCUT2D eigenvalue weighted by Gasteiger charge is 2.24. The molecule has 7 nitrogen and oxygen atoms in total. The van der Waals surface area contributed by atoms with Gasteiger partial charge in [0.2, 0.25) is 0 Å². The van der Waals surface area contributed by atoms with E-state index in [0.29, 0.717) is 23.1 Å². The molecule has 0 unspecified atom stereocenters. The number of hydrogen-bond acceptors (Lipinski definition) is 5. The first-order chi connectivity index (χ1) is 18.1. The standard InChI is InChI=1S/C30H34N4O3/c31-24-13-14-26-27(21-24)34(30(36)32-29(26)35)18-8-7-17-33-19-15-25(16-20-33)37-28(22-9-3-1-4-10-22)23-11-5-2-6-12-23/h1-6,9-14,21,25,28H,7-8,15-20,31H2,(H,32,35,36). The van der Waals surface area contributed by atoms with Crippen molar-refractivity contribution in [2.24, 2.45) is 0 Å². The molecule has 1 fully saturated rings. The second-order valence-corrected chi connectivity index (χ2v) is 9.77. The molecule has 0 atom stereocenters. The zero-order valence-electron chi connectivity index (χ0n) is 21.0. The molecule has 0 radical (unpaired) electrons. The Morgan fingerprint density at radius 1 is 0.865 bits per heavy atom. The maximum absolute atomic E-state index is 12.4. The van der Waals surface area contributed by atoms with E-state index < -0.39 is 0 Å². The third-order valence-corrected chi connectivity index (χ3v) is 7.20. The quantitative estimate of drug-likeness (QED) is 0.265. The van der Waals surface area contributed by atoms with Gasteiger partial charge in [-0.05, 0) is 61.6 Å². The van der Waals surface area contributed by atoms with E-state index in [-0.39, 0.29) is 23.5 Å². The molecule has 7 heteroatoms. The van der Waals surface area contributed by atoms with E-state index in [0.717, 1.165) is 45.3 Å². The molecule has 1 aromatic heterocycles. The molecule has 1 aliphatic heterocycles. The highest BCUT2D eigenvalue weighted by molar-refractivity contribution is 5.81. The predicted molar refractivity (Wildman–Crippen MR) is 148 cm³/mol. The molecule has 4 aromatic rings. The Morgan fingerprint density at radius 3 is 2.14 bits per heavy atom. The van der Waals surface area contributed by atoms with Crippen molar-refractivity contribution in [1.82, 2.24) is 14.5 Å². The Morgan fingerprint density at radius 2 is 1.49 bits per heavy atom. The molecule has 0 aliphatic carbocycles. The van der Waals surface area contributed by atoms with E-state index in [9.17, 15) is 9.59 Å². The molecule has 3 N–H and O–H groups in total. The lowest BCUT2D eigenvalue weighted by atomic mass is 10.00. The summed E-state index contributed by atoms with van der Waals surface area (Å²) < 4.78 is 8.29.